The molecule has 1 aromatic heterocycles. The quantitative estimate of drug-likeness (QED) is 0.311. The fraction of sp³-hybridized carbons (Fsp3) is 0.200. The second-order valence-corrected chi connectivity index (χ2v) is 6.96. The molecular formula is C20H14F3N5O7. The number of nitrogens with one attached hydrogen (secondary N) is 1. The number of nitro groups is 1. The molecule has 2 aromatic carbocycles. The van der Waals surface area contributed by atoms with E-state index in [9.17, 15) is 32.9 Å². The highest BCUT2D eigenvalue weighted by Crippen LogP contribution is 2.37. The average molecular weight is 493 g/mol. The maximum atomic E-state index is 13.2. The van der Waals surface area contributed by atoms with Gasteiger partial charge in [0.05, 0.1) is 27.9 Å². The highest BCUT2D eigenvalue weighted by atomic mass is 19.4. The molecule has 0 bridgehead atoms. The number of nitrogens with zero attached hydrogens (tertiary/aromatic N) is 4. The second kappa shape index (κ2) is 9.28. The molecule has 1 aliphatic heterocycles. The number of hydrogen-bond acceptors (Lipinski definition) is 9. The molecule has 12 nitrogen and oxygen atoms in total. The molecule has 4 rings (SSSR count). The van der Waals surface area contributed by atoms with Crippen molar-refractivity contribution in [3.8, 4) is 17.2 Å². The summed E-state index contributed by atoms with van der Waals surface area (Å²) in [5.41, 5.74) is -2.38. The Morgan fingerprint density at radius 3 is 2.51 bits per heavy atom. The van der Waals surface area contributed by atoms with Crippen molar-refractivity contribution in [1.82, 2.24) is 14.8 Å². The van der Waals surface area contributed by atoms with Crippen LogP contribution in [-0.2, 0) is 15.7 Å². The van der Waals surface area contributed by atoms with Gasteiger partial charge < -0.3 is 19.5 Å². The van der Waals surface area contributed by atoms with E-state index in [-0.39, 0.29) is 36.1 Å². The molecule has 0 unspecified atom stereocenters. The summed E-state index contributed by atoms with van der Waals surface area (Å²) in [5.74, 6) is -2.06. The van der Waals surface area contributed by atoms with Crippen LogP contribution in [0.15, 0.2) is 43.0 Å². The molecule has 0 fully saturated rings. The molecule has 0 aliphatic carbocycles. The molecule has 2 heterocycles. The van der Waals surface area contributed by atoms with E-state index in [1.165, 1.54) is 6.33 Å². The molecule has 1 amide bonds. The first-order chi connectivity index (χ1) is 16.6. The summed E-state index contributed by atoms with van der Waals surface area (Å²) < 4.78 is 56.0. The number of ether oxygens (including phenoxy) is 3. The van der Waals surface area contributed by atoms with Crippen LogP contribution < -0.4 is 14.8 Å². The van der Waals surface area contributed by atoms with Gasteiger partial charge in [-0.15, -0.1) is 0 Å². The van der Waals surface area contributed by atoms with Crippen LogP contribution in [0.5, 0.6) is 11.5 Å². The van der Waals surface area contributed by atoms with E-state index in [1.807, 2.05) is 0 Å². The fourth-order valence-electron chi connectivity index (χ4n) is 3.13. The van der Waals surface area contributed by atoms with E-state index >= 15 is 0 Å². The molecule has 0 spiro atoms. The molecule has 3 aromatic rings. The largest absolute Gasteiger partial charge is 0.486 e. The van der Waals surface area contributed by atoms with Crippen molar-refractivity contribution >= 4 is 23.3 Å². The number of anilines is 1. The molecule has 1 N–H and O–H groups in total. The van der Waals surface area contributed by atoms with E-state index in [0.29, 0.717) is 6.07 Å². The first kappa shape index (κ1) is 23.5. The van der Waals surface area contributed by atoms with Gasteiger partial charge in [-0.3, -0.25) is 14.9 Å². The first-order valence-corrected chi connectivity index (χ1v) is 9.75. The Hall–Kier alpha value is -4.69. The number of fused-ring (bicyclic) bond motifs is 1. The van der Waals surface area contributed by atoms with Gasteiger partial charge >= 0.3 is 12.1 Å². The van der Waals surface area contributed by atoms with E-state index in [2.05, 4.69) is 15.4 Å². The van der Waals surface area contributed by atoms with E-state index in [1.54, 1.807) is 0 Å². The van der Waals surface area contributed by atoms with Crippen LogP contribution in [0.4, 0.5) is 24.5 Å². The van der Waals surface area contributed by atoms with Gasteiger partial charge in [-0.2, -0.15) is 18.3 Å². The lowest BCUT2D eigenvalue weighted by atomic mass is 10.1. The van der Waals surface area contributed by atoms with Crippen molar-refractivity contribution in [3.05, 3.63) is 64.2 Å². The zero-order chi connectivity index (χ0) is 25.2. The second-order valence-electron chi connectivity index (χ2n) is 6.96. The predicted octanol–water partition coefficient (Wildman–Crippen LogP) is 2.76. The van der Waals surface area contributed by atoms with E-state index < -0.39 is 46.4 Å². The van der Waals surface area contributed by atoms with Crippen molar-refractivity contribution in [2.75, 3.05) is 25.1 Å². The predicted molar refractivity (Wildman–Crippen MR) is 109 cm³/mol. The normalized spacial score (nSPS) is 12.7. The third-order valence-corrected chi connectivity index (χ3v) is 4.68. The average Bonchev–Trinajstić information content (AvgIpc) is 3.35. The number of benzene rings is 2. The van der Waals surface area contributed by atoms with Crippen LogP contribution in [-0.4, -0.2) is 51.4 Å². The maximum absolute atomic E-state index is 13.2. The third-order valence-electron chi connectivity index (χ3n) is 4.68. The summed E-state index contributed by atoms with van der Waals surface area (Å²) >= 11 is 0. The topological polar surface area (TPSA) is 148 Å². The number of carbonyl (C=O) groups excluding carboxylic acids is 2. The smallest absolute Gasteiger partial charge is 0.416 e. The van der Waals surface area contributed by atoms with Crippen molar-refractivity contribution in [1.29, 1.82) is 0 Å². The minimum absolute atomic E-state index is 0.0673. The van der Waals surface area contributed by atoms with Gasteiger partial charge in [0.25, 0.3) is 11.6 Å². The number of aromatic nitrogens is 3. The number of hydrogen-bond donors (Lipinski definition) is 1. The van der Waals surface area contributed by atoms with Crippen molar-refractivity contribution in [3.63, 3.8) is 0 Å². The zero-order valence-electron chi connectivity index (χ0n) is 17.4. The molecule has 0 atom stereocenters. The van der Waals surface area contributed by atoms with Crippen LogP contribution in [0.3, 0.4) is 0 Å². The number of nitro benzene ring substituents is 1. The Morgan fingerprint density at radius 1 is 1.17 bits per heavy atom. The zero-order valence-corrected chi connectivity index (χ0v) is 17.4. The lowest BCUT2D eigenvalue weighted by molar-refractivity contribution is -0.385. The van der Waals surface area contributed by atoms with Crippen LogP contribution in [0.25, 0.3) is 5.69 Å². The Labute approximate surface area is 193 Å². The summed E-state index contributed by atoms with van der Waals surface area (Å²) in [4.78, 5) is 39.1. The highest BCUT2D eigenvalue weighted by Gasteiger charge is 2.32. The minimum atomic E-state index is -4.69. The van der Waals surface area contributed by atoms with Crippen molar-refractivity contribution in [2.45, 2.75) is 6.18 Å². The number of rotatable bonds is 6. The SMILES string of the molecule is O=C(COC(=O)c1cc2c(cc1[N+](=O)[O-])OCCO2)Nc1cc(C(F)(F)F)ccc1-n1cncn1. The van der Waals surface area contributed by atoms with Gasteiger partial charge in [0.15, 0.2) is 18.1 Å². The summed E-state index contributed by atoms with van der Waals surface area (Å²) in [5, 5.41) is 17.4. The van der Waals surface area contributed by atoms with Crippen molar-refractivity contribution in [2.24, 2.45) is 0 Å². The molecule has 0 saturated carbocycles. The molecule has 1 aliphatic rings. The van der Waals surface area contributed by atoms with Gasteiger partial charge in [0.2, 0.25) is 0 Å². The molecule has 15 heteroatoms. The number of esters is 1. The molecule has 182 valence electrons. The van der Waals surface area contributed by atoms with E-state index in [0.717, 1.165) is 35.3 Å². The maximum Gasteiger partial charge on any atom is 0.416 e. The lowest BCUT2D eigenvalue weighted by Crippen LogP contribution is -2.23. The van der Waals surface area contributed by atoms with Crippen LogP contribution in [0.1, 0.15) is 15.9 Å². The fourth-order valence-corrected chi connectivity index (χ4v) is 3.13. The Bertz CT molecular complexity index is 1300. The highest BCUT2D eigenvalue weighted by molar-refractivity contribution is 5.98. The van der Waals surface area contributed by atoms with Gasteiger partial charge in [0, 0.05) is 6.07 Å². The third kappa shape index (κ3) is 5.13. The van der Waals surface area contributed by atoms with Crippen LogP contribution in [0.2, 0.25) is 0 Å². The minimum Gasteiger partial charge on any atom is -0.486 e. The number of halogens is 3. The Kier molecular flexibility index (Phi) is 6.22. The number of carbonyl (C=O) groups is 2. The van der Waals surface area contributed by atoms with E-state index in [4.69, 9.17) is 14.2 Å². The van der Waals surface area contributed by atoms with Gasteiger partial charge in [-0.05, 0) is 18.2 Å². The number of amides is 1. The molecule has 0 radical (unpaired) electrons. The summed E-state index contributed by atoms with van der Waals surface area (Å²) in [6, 6.07) is 4.62. The lowest BCUT2D eigenvalue weighted by Gasteiger charge is -2.18. The summed E-state index contributed by atoms with van der Waals surface area (Å²) in [6.07, 6.45) is -2.34. The number of alkyl halides is 3. The summed E-state index contributed by atoms with van der Waals surface area (Å²) in [7, 11) is 0. The Balaban J connectivity index is 1.52. The molecular weight excluding hydrogens is 479 g/mol. The standard InChI is InChI=1S/C20H14F3N5O7/c21-20(22,23)11-1-2-14(27-10-24-9-25-27)13(5-11)26-18(29)8-35-19(30)12-6-16-17(34-4-3-33-16)7-15(12)28(31)32/h1-2,5-7,9-10H,3-4,8H2,(H,26,29). The molecule has 35 heavy (non-hydrogen) atoms. The summed E-state index contributed by atoms with van der Waals surface area (Å²) in [6.45, 7) is -0.621. The van der Waals surface area contributed by atoms with Gasteiger partial charge in [0.1, 0.15) is 31.4 Å². The van der Waals surface area contributed by atoms with Crippen LogP contribution >= 0.6 is 0 Å². The van der Waals surface area contributed by atoms with Gasteiger partial charge in [-0.1, -0.05) is 0 Å². The van der Waals surface area contributed by atoms with Gasteiger partial charge in [-0.25, -0.2) is 14.5 Å². The monoisotopic (exact) mass is 493 g/mol. The first-order valence-electron chi connectivity index (χ1n) is 9.75. The molecule has 0 saturated heterocycles. The van der Waals surface area contributed by atoms with Crippen LogP contribution in [0, 0.1) is 10.1 Å². The Morgan fingerprint density at radius 2 is 1.89 bits per heavy atom. The van der Waals surface area contributed by atoms with Crippen molar-refractivity contribution < 1.29 is 41.9 Å².